The van der Waals surface area contributed by atoms with Gasteiger partial charge >= 0.3 is 0 Å². The molecule has 18 heavy (non-hydrogen) atoms. The fourth-order valence-electron chi connectivity index (χ4n) is 1.40. The van der Waals surface area contributed by atoms with Crippen molar-refractivity contribution in [1.29, 1.82) is 0 Å². The molecule has 0 radical (unpaired) electrons. The van der Waals surface area contributed by atoms with Crippen molar-refractivity contribution in [1.82, 2.24) is 0 Å². The lowest BCUT2D eigenvalue weighted by molar-refractivity contribution is 0.231. The van der Waals surface area contributed by atoms with Gasteiger partial charge in [-0.3, -0.25) is 4.21 Å². The highest BCUT2D eigenvalue weighted by Gasteiger charge is 2.10. The molecule has 1 atom stereocenters. The number of hydrogen-bond donors (Lipinski definition) is 2. The van der Waals surface area contributed by atoms with E-state index in [2.05, 4.69) is 5.32 Å². The van der Waals surface area contributed by atoms with E-state index in [0.717, 1.165) is 0 Å². The molecule has 0 aliphatic carbocycles. The van der Waals surface area contributed by atoms with Crippen LogP contribution < -0.4 is 15.8 Å². The molecule has 0 saturated heterocycles. The highest BCUT2D eigenvalue weighted by molar-refractivity contribution is 7.84. The molecule has 0 saturated carbocycles. The molecular formula is C12H19FN2O2S. The molecule has 0 spiro atoms. The minimum atomic E-state index is -0.873. The number of rotatable bonds is 6. The van der Waals surface area contributed by atoms with Crippen LogP contribution in [-0.4, -0.2) is 28.9 Å². The van der Waals surface area contributed by atoms with E-state index in [9.17, 15) is 8.60 Å². The highest BCUT2D eigenvalue weighted by Crippen LogP contribution is 2.28. The Balaban J connectivity index is 2.80. The summed E-state index contributed by atoms with van der Waals surface area (Å²) in [6, 6.07) is 2.76. The maximum atomic E-state index is 13.6. The van der Waals surface area contributed by atoms with Crippen molar-refractivity contribution in [2.24, 2.45) is 0 Å². The molecule has 102 valence electrons. The van der Waals surface area contributed by atoms with E-state index < -0.39 is 16.6 Å². The third-order valence-electron chi connectivity index (χ3n) is 2.17. The minimum Gasteiger partial charge on any atom is -0.488 e. The molecule has 0 fully saturated rings. The number of nitrogen functional groups attached to an aromatic ring is 1. The number of benzene rings is 1. The Morgan fingerprint density at radius 3 is 2.72 bits per heavy atom. The van der Waals surface area contributed by atoms with Gasteiger partial charge in [-0.25, -0.2) is 4.39 Å². The van der Waals surface area contributed by atoms with Gasteiger partial charge < -0.3 is 15.8 Å². The first-order valence-electron chi connectivity index (χ1n) is 5.69. The summed E-state index contributed by atoms with van der Waals surface area (Å²) in [5.74, 6) is 0.196. The average Bonchev–Trinajstić information content (AvgIpc) is 2.23. The fourth-order valence-corrected chi connectivity index (χ4v) is 1.79. The average molecular weight is 274 g/mol. The Morgan fingerprint density at radius 1 is 1.50 bits per heavy atom. The summed E-state index contributed by atoms with van der Waals surface area (Å²) in [4.78, 5) is 0. The first kappa shape index (κ1) is 14.8. The van der Waals surface area contributed by atoms with Crippen LogP contribution in [0.1, 0.15) is 13.8 Å². The molecule has 0 aliphatic rings. The van der Waals surface area contributed by atoms with E-state index in [0.29, 0.717) is 23.7 Å². The Morgan fingerprint density at radius 2 is 2.17 bits per heavy atom. The highest BCUT2D eigenvalue weighted by atomic mass is 32.2. The molecule has 0 aliphatic heterocycles. The zero-order valence-electron chi connectivity index (χ0n) is 10.8. The van der Waals surface area contributed by atoms with E-state index >= 15 is 0 Å². The van der Waals surface area contributed by atoms with Gasteiger partial charge in [-0.15, -0.1) is 0 Å². The lowest BCUT2D eigenvalue weighted by Gasteiger charge is -2.14. The Bertz CT molecular complexity index is 438. The Kier molecular flexibility index (Phi) is 5.40. The maximum Gasteiger partial charge on any atom is 0.167 e. The van der Waals surface area contributed by atoms with Gasteiger partial charge in [-0.05, 0) is 13.8 Å². The van der Waals surface area contributed by atoms with Gasteiger partial charge in [0.1, 0.15) is 0 Å². The molecular weight excluding hydrogens is 255 g/mol. The van der Waals surface area contributed by atoms with Crippen molar-refractivity contribution in [3.63, 3.8) is 0 Å². The largest absolute Gasteiger partial charge is 0.488 e. The second kappa shape index (κ2) is 6.58. The zero-order chi connectivity index (χ0) is 13.7. The lowest BCUT2D eigenvalue weighted by Crippen LogP contribution is -2.12. The van der Waals surface area contributed by atoms with Gasteiger partial charge in [0.05, 0.1) is 17.5 Å². The zero-order valence-corrected chi connectivity index (χ0v) is 11.6. The van der Waals surface area contributed by atoms with Crippen molar-refractivity contribution in [3.8, 4) is 5.75 Å². The summed E-state index contributed by atoms with van der Waals surface area (Å²) in [5, 5.41) is 3.02. The topological polar surface area (TPSA) is 64.3 Å². The van der Waals surface area contributed by atoms with Gasteiger partial charge in [0.15, 0.2) is 11.6 Å². The summed E-state index contributed by atoms with van der Waals surface area (Å²) in [6.07, 6.45) is 1.52. The second-order valence-corrected chi connectivity index (χ2v) is 5.80. The van der Waals surface area contributed by atoms with Crippen LogP contribution in [0.15, 0.2) is 12.1 Å². The van der Waals surface area contributed by atoms with Gasteiger partial charge in [-0.2, -0.15) is 0 Å². The predicted molar refractivity (Wildman–Crippen MR) is 74.0 cm³/mol. The van der Waals surface area contributed by atoms with Crippen LogP contribution in [0.2, 0.25) is 0 Å². The fraction of sp³-hybridized carbons (Fsp3) is 0.500. The van der Waals surface area contributed by atoms with Gasteiger partial charge in [0.25, 0.3) is 0 Å². The number of ether oxygens (including phenoxy) is 1. The SMILES string of the molecule is CC(C)Oc1cc(NCCS(C)=O)c(N)cc1F. The standard InChI is InChI=1S/C12H19FN2O2S/c1-8(2)17-12-7-11(10(14)6-9(12)13)15-4-5-18(3)16/h6-8,15H,4-5,14H2,1-3H3. The summed E-state index contributed by atoms with van der Waals surface area (Å²) in [5.41, 5.74) is 6.61. The third-order valence-corrected chi connectivity index (χ3v) is 2.95. The van der Waals surface area contributed by atoms with E-state index in [1.165, 1.54) is 12.1 Å². The van der Waals surface area contributed by atoms with Crippen LogP contribution in [-0.2, 0) is 10.8 Å². The summed E-state index contributed by atoms with van der Waals surface area (Å²) >= 11 is 0. The predicted octanol–water partition coefficient (Wildman–Crippen LogP) is 1.99. The van der Waals surface area contributed by atoms with Crippen LogP contribution in [0.5, 0.6) is 5.75 Å². The molecule has 3 N–H and O–H groups in total. The molecule has 1 aromatic rings. The molecule has 0 bridgehead atoms. The molecule has 4 nitrogen and oxygen atoms in total. The molecule has 1 aromatic carbocycles. The van der Waals surface area contributed by atoms with Crippen LogP contribution in [0.25, 0.3) is 0 Å². The molecule has 0 aromatic heterocycles. The summed E-state index contributed by atoms with van der Waals surface area (Å²) < 4.78 is 29.8. The number of nitrogens with one attached hydrogen (secondary N) is 1. The smallest absolute Gasteiger partial charge is 0.167 e. The van der Waals surface area contributed by atoms with E-state index in [4.69, 9.17) is 10.5 Å². The van der Waals surface area contributed by atoms with Crippen LogP contribution in [0.3, 0.4) is 0 Å². The Labute approximate surface area is 109 Å². The van der Waals surface area contributed by atoms with Crippen molar-refractivity contribution >= 4 is 22.2 Å². The normalized spacial score (nSPS) is 12.5. The Hall–Kier alpha value is -1.30. The summed E-state index contributed by atoms with van der Waals surface area (Å²) in [7, 11) is -0.873. The molecule has 1 unspecified atom stereocenters. The number of nitrogens with two attached hydrogens (primary N) is 1. The van der Waals surface area contributed by atoms with Crippen LogP contribution in [0, 0.1) is 5.82 Å². The first-order valence-corrected chi connectivity index (χ1v) is 7.42. The molecule has 1 rings (SSSR count). The summed E-state index contributed by atoms with van der Waals surface area (Å²) in [6.45, 7) is 4.16. The first-order chi connectivity index (χ1) is 8.40. The van der Waals surface area contributed by atoms with Gasteiger partial charge in [0.2, 0.25) is 0 Å². The minimum absolute atomic E-state index is 0.112. The monoisotopic (exact) mass is 274 g/mol. The van der Waals surface area contributed by atoms with E-state index in [1.54, 1.807) is 6.26 Å². The third kappa shape index (κ3) is 4.52. The van der Waals surface area contributed by atoms with Gasteiger partial charge in [-0.1, -0.05) is 0 Å². The van der Waals surface area contributed by atoms with E-state index in [-0.39, 0.29) is 11.9 Å². The second-order valence-electron chi connectivity index (χ2n) is 4.24. The maximum absolute atomic E-state index is 13.6. The van der Waals surface area contributed by atoms with Crippen molar-refractivity contribution < 1.29 is 13.3 Å². The molecule has 0 heterocycles. The van der Waals surface area contributed by atoms with Crippen LogP contribution >= 0.6 is 0 Å². The number of halogens is 1. The quantitative estimate of drug-likeness (QED) is 0.779. The van der Waals surface area contributed by atoms with E-state index in [1.807, 2.05) is 13.8 Å². The van der Waals surface area contributed by atoms with Crippen molar-refractivity contribution in [3.05, 3.63) is 17.9 Å². The lowest BCUT2D eigenvalue weighted by atomic mass is 10.2. The molecule has 6 heteroatoms. The van der Waals surface area contributed by atoms with Gasteiger partial charge in [0, 0.05) is 41.5 Å². The van der Waals surface area contributed by atoms with Crippen molar-refractivity contribution in [2.75, 3.05) is 29.6 Å². The number of hydrogen-bond acceptors (Lipinski definition) is 4. The van der Waals surface area contributed by atoms with Crippen molar-refractivity contribution in [2.45, 2.75) is 20.0 Å². The number of anilines is 2. The molecule has 0 amide bonds. The van der Waals surface area contributed by atoms with Crippen LogP contribution in [0.4, 0.5) is 15.8 Å².